The SMILES string of the molecule is O=CCC(F)(F)c1cccc(Br)c1. The Morgan fingerprint density at radius 2 is 2.15 bits per heavy atom. The average molecular weight is 249 g/mol. The molecule has 0 heterocycles. The van der Waals surface area contributed by atoms with Gasteiger partial charge in [0.1, 0.15) is 6.29 Å². The molecule has 0 N–H and O–H groups in total. The number of carbonyl (C=O) groups excluding carboxylic acids is 1. The van der Waals surface area contributed by atoms with Crippen LogP contribution in [0.1, 0.15) is 12.0 Å². The molecule has 0 aliphatic rings. The summed E-state index contributed by atoms with van der Waals surface area (Å²) in [6.07, 6.45) is -0.551. The van der Waals surface area contributed by atoms with Crippen molar-refractivity contribution >= 4 is 22.2 Å². The molecule has 0 amide bonds. The van der Waals surface area contributed by atoms with E-state index >= 15 is 0 Å². The second kappa shape index (κ2) is 3.96. The van der Waals surface area contributed by atoms with Crippen LogP contribution in [0.4, 0.5) is 8.78 Å². The maximum Gasteiger partial charge on any atom is 0.279 e. The summed E-state index contributed by atoms with van der Waals surface area (Å²) in [5.41, 5.74) is -0.144. The molecule has 1 aromatic carbocycles. The molecule has 0 aliphatic heterocycles. The Bertz CT molecular complexity index is 312. The molecule has 70 valence electrons. The van der Waals surface area contributed by atoms with Gasteiger partial charge in [-0.15, -0.1) is 0 Å². The van der Waals surface area contributed by atoms with Gasteiger partial charge in [-0.3, -0.25) is 0 Å². The van der Waals surface area contributed by atoms with E-state index in [1.165, 1.54) is 18.2 Å². The monoisotopic (exact) mass is 248 g/mol. The predicted molar refractivity (Wildman–Crippen MR) is 48.7 cm³/mol. The topological polar surface area (TPSA) is 17.1 Å². The molecule has 4 heteroatoms. The third kappa shape index (κ3) is 2.59. The van der Waals surface area contributed by atoms with Crippen molar-refractivity contribution in [1.82, 2.24) is 0 Å². The van der Waals surface area contributed by atoms with Crippen LogP contribution in [-0.2, 0) is 10.7 Å². The molecule has 0 saturated heterocycles. The highest BCUT2D eigenvalue weighted by Gasteiger charge is 2.30. The minimum Gasteiger partial charge on any atom is -0.303 e. The van der Waals surface area contributed by atoms with Crippen molar-refractivity contribution in [3.63, 3.8) is 0 Å². The number of rotatable bonds is 3. The lowest BCUT2D eigenvalue weighted by Crippen LogP contribution is -2.13. The molecule has 0 spiro atoms. The normalized spacial score (nSPS) is 11.3. The first-order valence-corrected chi connectivity index (χ1v) is 4.43. The van der Waals surface area contributed by atoms with Gasteiger partial charge in [0.15, 0.2) is 0 Å². The van der Waals surface area contributed by atoms with Gasteiger partial charge >= 0.3 is 0 Å². The Morgan fingerprint density at radius 1 is 1.46 bits per heavy atom. The van der Waals surface area contributed by atoms with Crippen molar-refractivity contribution in [2.24, 2.45) is 0 Å². The van der Waals surface area contributed by atoms with Crippen molar-refractivity contribution < 1.29 is 13.6 Å². The van der Waals surface area contributed by atoms with Gasteiger partial charge in [-0.25, -0.2) is 8.78 Å². The molecule has 1 nitrogen and oxygen atoms in total. The lowest BCUT2D eigenvalue weighted by molar-refractivity contribution is -0.115. The third-order valence-corrected chi connectivity index (χ3v) is 2.08. The summed E-state index contributed by atoms with van der Waals surface area (Å²) in [6, 6.07) is 5.77. The molecule has 1 rings (SSSR count). The van der Waals surface area contributed by atoms with Crippen molar-refractivity contribution in [1.29, 1.82) is 0 Å². The van der Waals surface area contributed by atoms with Crippen LogP contribution in [0.15, 0.2) is 28.7 Å². The van der Waals surface area contributed by atoms with Crippen LogP contribution < -0.4 is 0 Å². The first kappa shape index (κ1) is 10.3. The van der Waals surface area contributed by atoms with E-state index in [1.54, 1.807) is 6.07 Å². The van der Waals surface area contributed by atoms with Gasteiger partial charge < -0.3 is 4.79 Å². The first-order chi connectivity index (χ1) is 6.06. The highest BCUT2D eigenvalue weighted by molar-refractivity contribution is 9.10. The van der Waals surface area contributed by atoms with Crippen molar-refractivity contribution in [2.75, 3.05) is 0 Å². The van der Waals surface area contributed by atoms with Gasteiger partial charge in [0.2, 0.25) is 0 Å². The number of carbonyl (C=O) groups is 1. The van der Waals surface area contributed by atoms with Crippen LogP contribution in [0, 0.1) is 0 Å². The van der Waals surface area contributed by atoms with Crippen LogP contribution >= 0.6 is 15.9 Å². The number of aldehydes is 1. The van der Waals surface area contributed by atoms with E-state index in [9.17, 15) is 13.6 Å². The van der Waals surface area contributed by atoms with E-state index in [0.717, 1.165) is 0 Å². The van der Waals surface area contributed by atoms with Gasteiger partial charge in [-0.1, -0.05) is 28.1 Å². The van der Waals surface area contributed by atoms with Crippen molar-refractivity contribution in [3.05, 3.63) is 34.3 Å². The zero-order valence-corrected chi connectivity index (χ0v) is 8.22. The fraction of sp³-hybridized carbons (Fsp3) is 0.222. The molecule has 0 fully saturated rings. The molecule has 1 aromatic rings. The van der Waals surface area contributed by atoms with E-state index in [4.69, 9.17) is 0 Å². The highest BCUT2D eigenvalue weighted by Crippen LogP contribution is 2.31. The molecule has 13 heavy (non-hydrogen) atoms. The maximum absolute atomic E-state index is 13.1. The molecule has 0 atom stereocenters. The number of hydrogen-bond acceptors (Lipinski definition) is 1. The van der Waals surface area contributed by atoms with E-state index in [2.05, 4.69) is 15.9 Å². The van der Waals surface area contributed by atoms with Crippen LogP contribution in [0.2, 0.25) is 0 Å². The molecule has 0 unspecified atom stereocenters. The van der Waals surface area contributed by atoms with Crippen LogP contribution in [-0.4, -0.2) is 6.29 Å². The Balaban J connectivity index is 2.99. The Labute approximate surface area is 82.9 Å². The standard InChI is InChI=1S/C9H7BrF2O/c10-8-3-1-2-7(6-8)9(11,12)4-5-13/h1-3,5-6H,4H2. The molecule has 0 saturated carbocycles. The van der Waals surface area contributed by atoms with Crippen LogP contribution in [0.5, 0.6) is 0 Å². The number of hydrogen-bond donors (Lipinski definition) is 0. The van der Waals surface area contributed by atoms with Gasteiger partial charge in [0.05, 0.1) is 6.42 Å². The number of benzene rings is 1. The fourth-order valence-corrected chi connectivity index (χ4v) is 1.34. The number of halogens is 3. The smallest absolute Gasteiger partial charge is 0.279 e. The van der Waals surface area contributed by atoms with E-state index < -0.39 is 12.3 Å². The first-order valence-electron chi connectivity index (χ1n) is 3.64. The lowest BCUT2D eigenvalue weighted by atomic mass is 10.1. The van der Waals surface area contributed by atoms with Gasteiger partial charge in [-0.2, -0.15) is 0 Å². The second-order valence-corrected chi connectivity index (χ2v) is 3.50. The van der Waals surface area contributed by atoms with E-state index in [1.807, 2.05) is 0 Å². The second-order valence-electron chi connectivity index (χ2n) is 2.59. The summed E-state index contributed by atoms with van der Waals surface area (Å²) in [6.45, 7) is 0. The molecular weight excluding hydrogens is 242 g/mol. The van der Waals surface area contributed by atoms with Crippen molar-refractivity contribution in [3.8, 4) is 0 Å². The van der Waals surface area contributed by atoms with Gasteiger partial charge in [-0.05, 0) is 12.1 Å². The van der Waals surface area contributed by atoms with Crippen LogP contribution in [0.25, 0.3) is 0 Å². The zero-order valence-electron chi connectivity index (χ0n) is 6.64. The lowest BCUT2D eigenvalue weighted by Gasteiger charge is -2.13. The molecular formula is C9H7BrF2O. The molecule has 0 radical (unpaired) electrons. The molecule has 0 aromatic heterocycles. The zero-order chi connectivity index (χ0) is 9.90. The largest absolute Gasteiger partial charge is 0.303 e. The minimum absolute atomic E-state index is 0.144. The summed E-state index contributed by atoms with van der Waals surface area (Å²) in [4.78, 5) is 9.99. The molecule has 0 aliphatic carbocycles. The van der Waals surface area contributed by atoms with E-state index in [-0.39, 0.29) is 11.8 Å². The predicted octanol–water partition coefficient (Wildman–Crippen LogP) is 3.13. The Hall–Kier alpha value is -0.770. The summed E-state index contributed by atoms with van der Waals surface area (Å²) in [7, 11) is 0. The molecule has 0 bridgehead atoms. The summed E-state index contributed by atoms with van der Waals surface area (Å²) in [5, 5.41) is 0. The summed E-state index contributed by atoms with van der Waals surface area (Å²) >= 11 is 3.08. The van der Waals surface area contributed by atoms with Gasteiger partial charge in [0.25, 0.3) is 5.92 Å². The van der Waals surface area contributed by atoms with E-state index in [0.29, 0.717) is 4.47 Å². The maximum atomic E-state index is 13.1. The summed E-state index contributed by atoms with van der Waals surface area (Å²) in [5.74, 6) is -3.06. The average Bonchev–Trinajstić information content (AvgIpc) is 2.04. The van der Waals surface area contributed by atoms with Crippen molar-refractivity contribution in [2.45, 2.75) is 12.3 Å². The fourth-order valence-electron chi connectivity index (χ4n) is 0.939. The van der Waals surface area contributed by atoms with Crippen LogP contribution in [0.3, 0.4) is 0 Å². The Morgan fingerprint density at radius 3 is 2.69 bits per heavy atom. The quantitative estimate of drug-likeness (QED) is 0.752. The third-order valence-electron chi connectivity index (χ3n) is 1.59. The number of alkyl halides is 2. The van der Waals surface area contributed by atoms with Gasteiger partial charge in [0, 0.05) is 10.0 Å². The highest BCUT2D eigenvalue weighted by atomic mass is 79.9. The minimum atomic E-state index is -3.06. The Kier molecular flexibility index (Phi) is 3.14. The summed E-state index contributed by atoms with van der Waals surface area (Å²) < 4.78 is 26.7.